The average Bonchev–Trinajstić information content (AvgIpc) is 3.00. The van der Waals surface area contributed by atoms with Gasteiger partial charge in [0, 0.05) is 20.3 Å². The number of hydrogen-bond donors (Lipinski definition) is 1. The topological polar surface area (TPSA) is 63.3 Å². The molecule has 124 valence electrons. The molecule has 0 aliphatic rings. The number of hydrogen-bond acceptors (Lipinski definition) is 3. The lowest BCUT2D eigenvalue weighted by atomic mass is 10.0. The highest BCUT2D eigenvalue weighted by molar-refractivity contribution is 9.10. The molecule has 1 N–H and O–H groups in total. The molecule has 0 unspecified atom stereocenters. The van der Waals surface area contributed by atoms with Crippen molar-refractivity contribution in [2.24, 2.45) is 0 Å². The summed E-state index contributed by atoms with van der Waals surface area (Å²) >= 11 is 9.61. The van der Waals surface area contributed by atoms with Gasteiger partial charge >= 0.3 is 5.97 Å². The highest BCUT2D eigenvalue weighted by Crippen LogP contribution is 2.33. The fourth-order valence-electron chi connectivity index (χ4n) is 2.85. The molecule has 0 amide bonds. The van der Waals surface area contributed by atoms with Crippen LogP contribution < -0.4 is 0 Å². The molecule has 2 aromatic heterocycles. The maximum Gasteiger partial charge on any atom is 0.336 e. The van der Waals surface area contributed by atoms with Gasteiger partial charge < -0.3 is 9.52 Å². The molecule has 0 spiro atoms. The summed E-state index contributed by atoms with van der Waals surface area (Å²) in [6.45, 7) is 1.82. The van der Waals surface area contributed by atoms with Crippen molar-refractivity contribution in [1.29, 1.82) is 0 Å². The van der Waals surface area contributed by atoms with E-state index in [0.717, 1.165) is 15.4 Å². The fraction of sp³-hybridized carbons (Fsp3) is 0.0526. The third kappa shape index (κ3) is 2.69. The largest absolute Gasteiger partial charge is 0.478 e. The zero-order valence-electron chi connectivity index (χ0n) is 13.0. The Morgan fingerprint density at radius 2 is 2.00 bits per heavy atom. The Kier molecular flexibility index (Phi) is 3.78. The Bertz CT molecular complexity index is 1170. The molecule has 0 fully saturated rings. The van der Waals surface area contributed by atoms with Crippen molar-refractivity contribution in [3.63, 3.8) is 0 Å². The average molecular weight is 417 g/mol. The first-order valence-electron chi connectivity index (χ1n) is 7.46. The number of carboxylic acid groups (broad SMARTS) is 1. The van der Waals surface area contributed by atoms with Crippen molar-refractivity contribution in [1.82, 2.24) is 4.98 Å². The highest BCUT2D eigenvalue weighted by atomic mass is 79.9. The number of fused-ring (bicyclic) bond motifs is 2. The summed E-state index contributed by atoms with van der Waals surface area (Å²) in [4.78, 5) is 16.3. The molecule has 0 saturated heterocycles. The Balaban J connectivity index is 2.03. The lowest BCUT2D eigenvalue weighted by molar-refractivity contribution is 0.0699. The Labute approximate surface area is 156 Å². The normalized spacial score (nSPS) is 11.3. The maximum absolute atomic E-state index is 11.7. The first kappa shape index (κ1) is 16.1. The van der Waals surface area contributed by atoms with E-state index in [1.54, 1.807) is 12.1 Å². The van der Waals surface area contributed by atoms with E-state index in [9.17, 15) is 9.90 Å². The Hall–Kier alpha value is -2.37. The molecule has 4 nitrogen and oxygen atoms in total. The van der Waals surface area contributed by atoms with Crippen LogP contribution in [0.3, 0.4) is 0 Å². The van der Waals surface area contributed by atoms with Gasteiger partial charge in [-0.1, -0.05) is 33.6 Å². The molecule has 4 rings (SSSR count). The molecular weight excluding hydrogens is 406 g/mol. The first-order valence-corrected chi connectivity index (χ1v) is 8.64. The van der Waals surface area contributed by atoms with Crippen molar-refractivity contribution >= 4 is 55.4 Å². The number of carbonyl (C=O) groups is 1. The molecule has 0 saturated carbocycles. The molecular formula is C19H11BrClNO3. The van der Waals surface area contributed by atoms with Crippen LogP contribution in [0.4, 0.5) is 0 Å². The number of carboxylic acids is 1. The quantitative estimate of drug-likeness (QED) is 0.431. The number of halogens is 2. The summed E-state index contributed by atoms with van der Waals surface area (Å²) in [5, 5.41) is 11.6. The summed E-state index contributed by atoms with van der Waals surface area (Å²) in [5.74, 6) is -0.508. The zero-order chi connectivity index (χ0) is 17.7. The molecule has 2 heterocycles. The second-order valence-corrected chi connectivity index (χ2v) is 7.04. The molecule has 6 heteroatoms. The van der Waals surface area contributed by atoms with E-state index >= 15 is 0 Å². The van der Waals surface area contributed by atoms with Crippen LogP contribution in [0.1, 0.15) is 15.9 Å². The summed E-state index contributed by atoms with van der Waals surface area (Å²) in [6.07, 6.45) is 0. The van der Waals surface area contributed by atoms with E-state index in [4.69, 9.17) is 16.0 Å². The molecule has 25 heavy (non-hydrogen) atoms. The van der Waals surface area contributed by atoms with Crippen LogP contribution in [0, 0.1) is 6.92 Å². The van der Waals surface area contributed by atoms with Gasteiger partial charge in [-0.2, -0.15) is 0 Å². The van der Waals surface area contributed by atoms with Gasteiger partial charge in [-0.05, 0) is 48.9 Å². The predicted octanol–water partition coefficient (Wildman–Crippen LogP) is 6.07. The minimum Gasteiger partial charge on any atom is -0.478 e. The van der Waals surface area contributed by atoms with E-state index in [-0.39, 0.29) is 5.56 Å². The third-order valence-electron chi connectivity index (χ3n) is 4.13. The van der Waals surface area contributed by atoms with Gasteiger partial charge in [0.25, 0.3) is 0 Å². The van der Waals surface area contributed by atoms with Crippen LogP contribution in [0.15, 0.2) is 51.4 Å². The minimum atomic E-state index is -1.02. The number of rotatable bonds is 2. The van der Waals surface area contributed by atoms with Crippen molar-refractivity contribution in [2.45, 2.75) is 6.92 Å². The number of furan rings is 1. The van der Waals surface area contributed by atoms with Gasteiger partial charge in [0.2, 0.25) is 0 Å². The van der Waals surface area contributed by atoms with E-state index < -0.39 is 5.97 Å². The fourth-order valence-corrected chi connectivity index (χ4v) is 3.38. The van der Waals surface area contributed by atoms with Gasteiger partial charge in [-0.3, -0.25) is 0 Å². The number of nitrogens with zero attached hydrogens (tertiary/aromatic N) is 1. The van der Waals surface area contributed by atoms with Crippen LogP contribution >= 0.6 is 27.5 Å². The lowest BCUT2D eigenvalue weighted by Crippen LogP contribution is -2.01. The number of benzene rings is 2. The first-order chi connectivity index (χ1) is 11.9. The second-order valence-electron chi connectivity index (χ2n) is 5.72. The van der Waals surface area contributed by atoms with Crippen molar-refractivity contribution in [2.75, 3.05) is 0 Å². The van der Waals surface area contributed by atoms with E-state index in [1.165, 1.54) is 6.07 Å². The SMILES string of the molecule is Cc1c(Cl)ccc2c(C(=O)O)cc(-c3cc4cc(Br)ccc4o3)nc12. The van der Waals surface area contributed by atoms with Crippen LogP contribution in [-0.4, -0.2) is 16.1 Å². The molecule has 0 aliphatic heterocycles. The summed E-state index contributed by atoms with van der Waals surface area (Å²) in [5.41, 5.74) is 2.63. The summed E-state index contributed by atoms with van der Waals surface area (Å²) < 4.78 is 6.79. The molecule has 2 aromatic carbocycles. The van der Waals surface area contributed by atoms with Gasteiger partial charge in [-0.25, -0.2) is 9.78 Å². The molecule has 0 radical (unpaired) electrons. The number of aromatic carboxylic acids is 1. The molecule has 0 bridgehead atoms. The lowest BCUT2D eigenvalue weighted by Gasteiger charge is -2.08. The molecule has 0 atom stereocenters. The monoisotopic (exact) mass is 415 g/mol. The van der Waals surface area contributed by atoms with E-state index in [1.807, 2.05) is 31.2 Å². The van der Waals surface area contributed by atoms with Crippen LogP contribution in [-0.2, 0) is 0 Å². The van der Waals surface area contributed by atoms with Gasteiger partial charge in [-0.15, -0.1) is 0 Å². The number of aromatic nitrogens is 1. The summed E-state index contributed by atoms with van der Waals surface area (Å²) in [7, 11) is 0. The van der Waals surface area contributed by atoms with Crippen LogP contribution in [0.5, 0.6) is 0 Å². The van der Waals surface area contributed by atoms with Gasteiger partial charge in [0.15, 0.2) is 5.76 Å². The standard InChI is InChI=1S/C19H11BrClNO3/c1-9-14(21)4-3-12-13(19(23)24)8-15(22-18(9)12)17-7-10-6-11(20)2-5-16(10)25-17/h2-8H,1H3,(H,23,24). The van der Waals surface area contributed by atoms with Gasteiger partial charge in [0.1, 0.15) is 11.3 Å². The van der Waals surface area contributed by atoms with Crippen LogP contribution in [0.25, 0.3) is 33.3 Å². The molecule has 4 aromatic rings. The van der Waals surface area contributed by atoms with Crippen molar-refractivity contribution in [3.8, 4) is 11.5 Å². The van der Waals surface area contributed by atoms with Gasteiger partial charge in [0.05, 0.1) is 11.1 Å². The smallest absolute Gasteiger partial charge is 0.336 e. The van der Waals surface area contributed by atoms with Crippen LogP contribution in [0.2, 0.25) is 5.02 Å². The third-order valence-corrected chi connectivity index (χ3v) is 5.03. The minimum absolute atomic E-state index is 0.168. The highest BCUT2D eigenvalue weighted by Gasteiger charge is 2.17. The summed E-state index contributed by atoms with van der Waals surface area (Å²) in [6, 6.07) is 12.4. The Morgan fingerprint density at radius 3 is 2.76 bits per heavy atom. The van der Waals surface area contributed by atoms with E-state index in [0.29, 0.717) is 33.0 Å². The maximum atomic E-state index is 11.7. The Morgan fingerprint density at radius 1 is 1.20 bits per heavy atom. The number of pyridine rings is 1. The van der Waals surface area contributed by atoms with Crippen molar-refractivity contribution in [3.05, 3.63) is 63.1 Å². The number of aryl methyl sites for hydroxylation is 1. The van der Waals surface area contributed by atoms with E-state index in [2.05, 4.69) is 20.9 Å². The molecule has 0 aliphatic carbocycles. The van der Waals surface area contributed by atoms with Crippen molar-refractivity contribution < 1.29 is 14.3 Å². The predicted molar refractivity (Wildman–Crippen MR) is 101 cm³/mol. The zero-order valence-corrected chi connectivity index (χ0v) is 15.4. The second kappa shape index (κ2) is 5.86.